The van der Waals surface area contributed by atoms with E-state index in [-0.39, 0.29) is 0 Å². The highest BCUT2D eigenvalue weighted by atomic mass is 32.2. The van der Waals surface area contributed by atoms with Gasteiger partial charge in [0.2, 0.25) is 9.84 Å². The summed E-state index contributed by atoms with van der Waals surface area (Å²) in [5, 5.41) is 0. The van der Waals surface area contributed by atoms with Gasteiger partial charge in [0.1, 0.15) is 0 Å². The van der Waals surface area contributed by atoms with Gasteiger partial charge in [0.05, 0.1) is 4.90 Å². The van der Waals surface area contributed by atoms with Crippen molar-refractivity contribution in [3.63, 3.8) is 0 Å². The minimum Gasteiger partial charge on any atom is -0.369 e. The van der Waals surface area contributed by atoms with E-state index in [1.807, 2.05) is 4.90 Å². The Balaban J connectivity index is 2.98. The summed E-state index contributed by atoms with van der Waals surface area (Å²) >= 11 is 0. The van der Waals surface area contributed by atoms with E-state index >= 15 is 0 Å². The zero-order valence-corrected chi connectivity index (χ0v) is 11.1. The number of nitrogens with zero attached hydrogens (tertiary/aromatic N) is 1. The molecular formula is C11H17F2N3O2S. The highest BCUT2D eigenvalue weighted by Crippen LogP contribution is 2.21. The lowest BCUT2D eigenvalue weighted by Gasteiger charge is -2.23. The quantitative estimate of drug-likeness (QED) is 0.760. The van der Waals surface area contributed by atoms with Crippen LogP contribution in [0.5, 0.6) is 0 Å². The lowest BCUT2D eigenvalue weighted by molar-refractivity contribution is 0.234. The number of alkyl halides is 2. The molecule has 0 spiro atoms. The third-order valence-electron chi connectivity index (χ3n) is 2.56. The van der Waals surface area contributed by atoms with Gasteiger partial charge in [-0.1, -0.05) is 0 Å². The van der Waals surface area contributed by atoms with Crippen molar-refractivity contribution in [1.82, 2.24) is 0 Å². The van der Waals surface area contributed by atoms with E-state index in [1.54, 1.807) is 0 Å². The van der Waals surface area contributed by atoms with Crippen LogP contribution in [-0.2, 0) is 9.84 Å². The van der Waals surface area contributed by atoms with Crippen LogP contribution in [0.3, 0.4) is 0 Å². The summed E-state index contributed by atoms with van der Waals surface area (Å²) in [6.07, 6.45) is 0. The van der Waals surface area contributed by atoms with Crippen LogP contribution in [-0.4, -0.2) is 40.4 Å². The maximum atomic E-state index is 12.4. The second-order valence-electron chi connectivity index (χ2n) is 3.86. The maximum absolute atomic E-state index is 12.4. The van der Waals surface area contributed by atoms with Crippen molar-refractivity contribution >= 4 is 15.5 Å². The highest BCUT2D eigenvalue weighted by molar-refractivity contribution is 7.91. The lowest BCUT2D eigenvalue weighted by atomic mass is 10.3. The van der Waals surface area contributed by atoms with Gasteiger partial charge in [-0.15, -0.1) is 0 Å². The van der Waals surface area contributed by atoms with E-state index < -0.39 is 20.5 Å². The Morgan fingerprint density at radius 2 is 1.53 bits per heavy atom. The minimum absolute atomic E-state index is 0.397. The molecule has 0 unspecified atom stereocenters. The average Bonchev–Trinajstić information content (AvgIpc) is 2.38. The second kappa shape index (κ2) is 6.78. The molecule has 0 fully saturated rings. The van der Waals surface area contributed by atoms with Crippen LogP contribution in [0.15, 0.2) is 29.2 Å². The van der Waals surface area contributed by atoms with Crippen molar-refractivity contribution in [3.05, 3.63) is 24.3 Å². The third kappa shape index (κ3) is 3.85. The topological polar surface area (TPSA) is 89.4 Å². The molecule has 0 saturated heterocycles. The first-order valence-electron chi connectivity index (χ1n) is 5.70. The van der Waals surface area contributed by atoms with E-state index in [4.69, 9.17) is 11.5 Å². The monoisotopic (exact) mass is 293 g/mol. The molecule has 8 heteroatoms. The Morgan fingerprint density at radius 3 is 1.89 bits per heavy atom. The molecule has 0 atom stereocenters. The van der Waals surface area contributed by atoms with Gasteiger partial charge in [0, 0.05) is 31.9 Å². The summed E-state index contributed by atoms with van der Waals surface area (Å²) in [7, 11) is -4.55. The largest absolute Gasteiger partial charge is 0.369 e. The van der Waals surface area contributed by atoms with Crippen molar-refractivity contribution < 1.29 is 17.2 Å². The summed E-state index contributed by atoms with van der Waals surface area (Å²) < 4.78 is 47.3. The van der Waals surface area contributed by atoms with Gasteiger partial charge in [-0.25, -0.2) is 8.42 Å². The zero-order chi connectivity index (χ0) is 14.5. The Bertz CT molecular complexity index is 485. The molecule has 0 aliphatic rings. The van der Waals surface area contributed by atoms with Crippen molar-refractivity contribution in [1.29, 1.82) is 0 Å². The second-order valence-corrected chi connectivity index (χ2v) is 5.78. The number of rotatable bonds is 7. The first kappa shape index (κ1) is 15.8. The molecule has 19 heavy (non-hydrogen) atoms. The van der Waals surface area contributed by atoms with Crippen LogP contribution >= 0.6 is 0 Å². The van der Waals surface area contributed by atoms with Gasteiger partial charge in [0.15, 0.2) is 0 Å². The minimum atomic E-state index is -4.55. The molecule has 4 N–H and O–H groups in total. The number of sulfone groups is 1. The van der Waals surface area contributed by atoms with Crippen molar-refractivity contribution in [2.45, 2.75) is 10.7 Å². The SMILES string of the molecule is NCCN(CCN)c1ccc(S(=O)(=O)C(F)F)cc1. The smallest absolute Gasteiger partial charge is 0.341 e. The molecule has 0 radical (unpaired) electrons. The zero-order valence-electron chi connectivity index (χ0n) is 10.3. The number of anilines is 1. The molecule has 108 valence electrons. The average molecular weight is 293 g/mol. The van der Waals surface area contributed by atoms with Crippen LogP contribution in [0.1, 0.15) is 0 Å². The predicted molar refractivity (Wildman–Crippen MR) is 70.0 cm³/mol. The van der Waals surface area contributed by atoms with Gasteiger partial charge < -0.3 is 16.4 Å². The molecule has 1 aromatic carbocycles. The van der Waals surface area contributed by atoms with Gasteiger partial charge in [-0.2, -0.15) is 8.78 Å². The van der Waals surface area contributed by atoms with Crippen LogP contribution in [0.25, 0.3) is 0 Å². The van der Waals surface area contributed by atoms with E-state index in [0.717, 1.165) is 12.1 Å². The molecular weight excluding hydrogens is 276 g/mol. The first-order chi connectivity index (χ1) is 8.93. The number of hydrogen-bond donors (Lipinski definition) is 2. The summed E-state index contributed by atoms with van der Waals surface area (Å²) in [5.74, 6) is -3.41. The Labute approximate surface area is 111 Å². The van der Waals surface area contributed by atoms with Crippen molar-refractivity contribution in [2.75, 3.05) is 31.1 Å². The Hall–Kier alpha value is -1.25. The van der Waals surface area contributed by atoms with Crippen LogP contribution in [0.2, 0.25) is 0 Å². The summed E-state index contributed by atoms with van der Waals surface area (Å²) in [6.45, 7) is 1.93. The predicted octanol–water partition coefficient (Wildman–Crippen LogP) is 0.407. The summed E-state index contributed by atoms with van der Waals surface area (Å²) in [4.78, 5) is 1.46. The number of halogens is 2. The van der Waals surface area contributed by atoms with Crippen LogP contribution in [0.4, 0.5) is 14.5 Å². The van der Waals surface area contributed by atoms with Crippen molar-refractivity contribution in [2.24, 2.45) is 11.5 Å². The van der Waals surface area contributed by atoms with Gasteiger partial charge >= 0.3 is 5.76 Å². The van der Waals surface area contributed by atoms with Crippen molar-refractivity contribution in [3.8, 4) is 0 Å². The number of nitrogens with two attached hydrogens (primary N) is 2. The Morgan fingerprint density at radius 1 is 1.05 bits per heavy atom. The molecule has 1 aromatic rings. The van der Waals surface area contributed by atoms with E-state index in [0.29, 0.717) is 31.9 Å². The standard InChI is InChI=1S/C11H17F2N3O2S/c12-11(13)19(17,18)10-3-1-9(2-4-10)16(7-5-14)8-6-15/h1-4,11H,5-8,14-15H2. The maximum Gasteiger partial charge on any atom is 0.341 e. The Kier molecular flexibility index (Phi) is 5.64. The van der Waals surface area contributed by atoms with Gasteiger partial charge in [-0.3, -0.25) is 0 Å². The van der Waals surface area contributed by atoms with E-state index in [1.165, 1.54) is 12.1 Å². The van der Waals surface area contributed by atoms with E-state index in [2.05, 4.69) is 0 Å². The van der Waals surface area contributed by atoms with E-state index in [9.17, 15) is 17.2 Å². The molecule has 5 nitrogen and oxygen atoms in total. The molecule has 0 amide bonds. The van der Waals surface area contributed by atoms with Gasteiger partial charge in [0.25, 0.3) is 0 Å². The molecule has 0 aromatic heterocycles. The molecule has 0 bridgehead atoms. The van der Waals surface area contributed by atoms with Gasteiger partial charge in [-0.05, 0) is 24.3 Å². The molecule has 0 heterocycles. The van der Waals surface area contributed by atoms with Crippen LogP contribution in [0, 0.1) is 0 Å². The number of hydrogen-bond acceptors (Lipinski definition) is 5. The lowest BCUT2D eigenvalue weighted by Crippen LogP contribution is -2.33. The number of benzene rings is 1. The molecule has 0 aliphatic heterocycles. The molecule has 1 rings (SSSR count). The van der Waals surface area contributed by atoms with Crippen LogP contribution < -0.4 is 16.4 Å². The highest BCUT2D eigenvalue weighted by Gasteiger charge is 2.26. The summed E-state index contributed by atoms with van der Waals surface area (Å²) in [6, 6.07) is 5.27. The molecule has 0 aliphatic carbocycles. The third-order valence-corrected chi connectivity index (χ3v) is 3.96. The normalized spacial score (nSPS) is 11.8. The fraction of sp³-hybridized carbons (Fsp3) is 0.455. The fourth-order valence-electron chi connectivity index (χ4n) is 1.63. The summed E-state index contributed by atoms with van der Waals surface area (Å²) in [5.41, 5.74) is 11.6. The first-order valence-corrected chi connectivity index (χ1v) is 7.25. The molecule has 0 saturated carbocycles. The fourth-order valence-corrected chi connectivity index (χ4v) is 2.35.